The van der Waals surface area contributed by atoms with E-state index < -0.39 is 15.8 Å². The molecule has 4 nitrogen and oxygen atoms in total. The number of anilines is 2. The first-order valence-corrected chi connectivity index (χ1v) is 9.89. The Morgan fingerprint density at radius 3 is 2.52 bits per heavy atom. The number of thiophene rings is 1. The molecule has 2 heterocycles. The third-order valence-corrected chi connectivity index (χ3v) is 6.75. The third-order valence-electron chi connectivity index (χ3n) is 3.90. The van der Waals surface area contributed by atoms with E-state index in [0.717, 1.165) is 36.5 Å². The Labute approximate surface area is 140 Å². The van der Waals surface area contributed by atoms with E-state index in [2.05, 4.69) is 9.62 Å². The van der Waals surface area contributed by atoms with E-state index in [1.807, 2.05) is 6.92 Å². The van der Waals surface area contributed by atoms with Crippen molar-refractivity contribution in [3.05, 3.63) is 41.0 Å². The fraction of sp³-hybridized carbons (Fsp3) is 0.375. The molecule has 0 atom stereocenters. The van der Waals surface area contributed by atoms with Crippen LogP contribution in [0, 0.1) is 12.7 Å². The van der Waals surface area contributed by atoms with Crippen LogP contribution in [0.4, 0.5) is 15.8 Å². The van der Waals surface area contributed by atoms with Gasteiger partial charge in [0.2, 0.25) is 0 Å². The minimum Gasteiger partial charge on any atom is -0.371 e. The van der Waals surface area contributed by atoms with Crippen molar-refractivity contribution >= 4 is 32.7 Å². The number of halogens is 1. The number of piperidine rings is 1. The van der Waals surface area contributed by atoms with Crippen molar-refractivity contribution in [2.24, 2.45) is 0 Å². The van der Waals surface area contributed by atoms with Crippen molar-refractivity contribution in [1.82, 2.24) is 0 Å². The van der Waals surface area contributed by atoms with E-state index in [1.165, 1.54) is 29.9 Å². The van der Waals surface area contributed by atoms with Crippen LogP contribution in [-0.4, -0.2) is 21.5 Å². The van der Waals surface area contributed by atoms with Gasteiger partial charge in [0.1, 0.15) is 10.0 Å². The van der Waals surface area contributed by atoms with E-state index in [9.17, 15) is 12.8 Å². The maximum atomic E-state index is 14.0. The molecule has 1 aromatic heterocycles. The zero-order chi connectivity index (χ0) is 16.4. The highest BCUT2D eigenvalue weighted by atomic mass is 32.2. The number of sulfonamides is 1. The SMILES string of the molecule is Cc1ccc(S(=O)(=O)Nc2cc(N3CCCCC3)ccc2F)s1. The molecular weight excluding hydrogens is 335 g/mol. The average molecular weight is 354 g/mol. The topological polar surface area (TPSA) is 49.4 Å². The van der Waals surface area contributed by atoms with Gasteiger partial charge in [-0.25, -0.2) is 12.8 Å². The molecule has 3 rings (SSSR count). The smallest absolute Gasteiger partial charge is 0.271 e. The third kappa shape index (κ3) is 3.67. The number of hydrogen-bond donors (Lipinski definition) is 1. The molecule has 124 valence electrons. The molecule has 0 amide bonds. The molecule has 1 aromatic carbocycles. The summed E-state index contributed by atoms with van der Waals surface area (Å²) in [6.07, 6.45) is 3.41. The zero-order valence-corrected chi connectivity index (χ0v) is 14.5. The molecule has 0 radical (unpaired) electrons. The summed E-state index contributed by atoms with van der Waals surface area (Å²) < 4.78 is 41.4. The van der Waals surface area contributed by atoms with Gasteiger partial charge >= 0.3 is 0 Å². The number of nitrogens with zero attached hydrogens (tertiary/aromatic N) is 1. The van der Waals surface area contributed by atoms with Gasteiger partial charge in [-0.2, -0.15) is 0 Å². The number of hydrogen-bond acceptors (Lipinski definition) is 4. The Hall–Kier alpha value is -1.60. The fourth-order valence-electron chi connectivity index (χ4n) is 2.69. The van der Waals surface area contributed by atoms with Crippen LogP contribution in [0.25, 0.3) is 0 Å². The summed E-state index contributed by atoms with van der Waals surface area (Å²) in [6.45, 7) is 3.67. The number of aryl methyl sites for hydroxylation is 1. The molecule has 1 aliphatic heterocycles. The first-order chi connectivity index (χ1) is 11.0. The second-order valence-electron chi connectivity index (χ2n) is 5.68. The van der Waals surface area contributed by atoms with Crippen molar-refractivity contribution in [2.45, 2.75) is 30.4 Å². The van der Waals surface area contributed by atoms with Crippen molar-refractivity contribution in [3.8, 4) is 0 Å². The maximum absolute atomic E-state index is 14.0. The van der Waals surface area contributed by atoms with E-state index in [1.54, 1.807) is 18.2 Å². The molecule has 0 bridgehead atoms. The standard InChI is InChI=1S/C16H19FN2O2S2/c1-12-5-8-16(22-12)23(20,21)18-15-11-13(6-7-14(15)17)19-9-3-2-4-10-19/h5-8,11,18H,2-4,9-10H2,1H3. The van der Waals surface area contributed by atoms with Crippen LogP contribution in [-0.2, 0) is 10.0 Å². The highest BCUT2D eigenvalue weighted by Crippen LogP contribution is 2.28. The summed E-state index contributed by atoms with van der Waals surface area (Å²) in [4.78, 5) is 3.06. The highest BCUT2D eigenvalue weighted by molar-refractivity contribution is 7.94. The van der Waals surface area contributed by atoms with Crippen LogP contribution >= 0.6 is 11.3 Å². The van der Waals surface area contributed by atoms with Crippen molar-refractivity contribution in [1.29, 1.82) is 0 Å². The highest BCUT2D eigenvalue weighted by Gasteiger charge is 2.19. The maximum Gasteiger partial charge on any atom is 0.271 e. The van der Waals surface area contributed by atoms with Gasteiger partial charge in [-0.05, 0) is 56.5 Å². The first-order valence-electron chi connectivity index (χ1n) is 7.59. The Balaban J connectivity index is 1.87. The van der Waals surface area contributed by atoms with Gasteiger partial charge < -0.3 is 4.90 Å². The van der Waals surface area contributed by atoms with Gasteiger partial charge in [0.25, 0.3) is 10.0 Å². The molecule has 1 fully saturated rings. The van der Waals surface area contributed by atoms with Crippen LogP contribution in [0.2, 0.25) is 0 Å². The average Bonchev–Trinajstić information content (AvgIpc) is 2.98. The molecule has 23 heavy (non-hydrogen) atoms. The van der Waals surface area contributed by atoms with Crippen molar-refractivity contribution in [2.75, 3.05) is 22.7 Å². The molecule has 2 aromatic rings. The van der Waals surface area contributed by atoms with Crippen LogP contribution in [0.3, 0.4) is 0 Å². The van der Waals surface area contributed by atoms with E-state index >= 15 is 0 Å². The van der Waals surface area contributed by atoms with Crippen molar-refractivity contribution in [3.63, 3.8) is 0 Å². The number of nitrogens with one attached hydrogen (secondary N) is 1. The van der Waals surface area contributed by atoms with Gasteiger partial charge in [0, 0.05) is 23.7 Å². The minimum absolute atomic E-state index is 0.000809. The summed E-state index contributed by atoms with van der Waals surface area (Å²) >= 11 is 1.17. The minimum atomic E-state index is -3.75. The quantitative estimate of drug-likeness (QED) is 0.903. The summed E-state index contributed by atoms with van der Waals surface area (Å²) in [5.41, 5.74) is 0.852. The molecule has 0 unspecified atom stereocenters. The number of benzene rings is 1. The van der Waals surface area contributed by atoms with E-state index in [0.29, 0.717) is 0 Å². The normalized spacial score (nSPS) is 15.7. The molecule has 0 aliphatic carbocycles. The second kappa shape index (κ2) is 6.49. The fourth-order valence-corrected chi connectivity index (χ4v) is 5.03. The summed E-state index contributed by atoms with van der Waals surface area (Å²) in [5, 5.41) is 0. The number of rotatable bonds is 4. The zero-order valence-electron chi connectivity index (χ0n) is 12.9. The summed E-state index contributed by atoms with van der Waals surface area (Å²) in [5.74, 6) is -0.567. The van der Waals surface area contributed by atoms with Gasteiger partial charge in [-0.3, -0.25) is 4.72 Å². The lowest BCUT2D eigenvalue weighted by Gasteiger charge is -2.29. The first kappa shape index (κ1) is 16.3. The molecule has 1 N–H and O–H groups in total. The lowest BCUT2D eigenvalue weighted by atomic mass is 10.1. The molecule has 7 heteroatoms. The van der Waals surface area contributed by atoms with Crippen LogP contribution in [0.15, 0.2) is 34.5 Å². The lowest BCUT2D eigenvalue weighted by Crippen LogP contribution is -2.29. The van der Waals surface area contributed by atoms with Gasteiger partial charge in [-0.15, -0.1) is 11.3 Å². The van der Waals surface area contributed by atoms with E-state index in [-0.39, 0.29) is 9.90 Å². The van der Waals surface area contributed by atoms with E-state index in [4.69, 9.17) is 0 Å². The largest absolute Gasteiger partial charge is 0.371 e. The predicted molar refractivity (Wildman–Crippen MR) is 92.3 cm³/mol. The lowest BCUT2D eigenvalue weighted by molar-refractivity contribution is 0.576. The molecule has 0 spiro atoms. The Kier molecular flexibility index (Phi) is 4.59. The van der Waals surface area contributed by atoms with Gasteiger partial charge in [0.15, 0.2) is 0 Å². The van der Waals surface area contributed by atoms with Crippen molar-refractivity contribution < 1.29 is 12.8 Å². The monoisotopic (exact) mass is 354 g/mol. The second-order valence-corrected chi connectivity index (χ2v) is 8.88. The van der Waals surface area contributed by atoms with Crippen LogP contribution in [0.1, 0.15) is 24.1 Å². The van der Waals surface area contributed by atoms with Crippen LogP contribution in [0.5, 0.6) is 0 Å². The molecule has 0 saturated carbocycles. The molecule has 1 aliphatic rings. The molecule has 1 saturated heterocycles. The summed E-state index contributed by atoms with van der Waals surface area (Å²) in [6, 6.07) is 7.88. The summed E-state index contributed by atoms with van der Waals surface area (Å²) in [7, 11) is -3.75. The Morgan fingerprint density at radius 1 is 1.13 bits per heavy atom. The van der Waals surface area contributed by atoms with Gasteiger partial charge in [-0.1, -0.05) is 0 Å². The Bertz CT molecular complexity index is 796. The predicted octanol–water partition coefficient (Wildman–Crippen LogP) is 3.99. The van der Waals surface area contributed by atoms with Gasteiger partial charge in [0.05, 0.1) is 5.69 Å². The Morgan fingerprint density at radius 2 is 1.87 bits per heavy atom. The molecular formula is C16H19FN2O2S2. The van der Waals surface area contributed by atoms with Crippen LogP contribution < -0.4 is 9.62 Å².